The topological polar surface area (TPSA) is 6.48 Å². The maximum absolute atomic E-state index is 2.31. The Kier molecular flexibility index (Phi) is 5.27. The van der Waals surface area contributed by atoms with Crippen molar-refractivity contribution in [2.75, 3.05) is 20.6 Å². The van der Waals surface area contributed by atoms with Crippen LogP contribution in [-0.2, 0) is 0 Å². The van der Waals surface area contributed by atoms with Crippen molar-refractivity contribution >= 4 is 0 Å². The molecule has 0 saturated heterocycles. The van der Waals surface area contributed by atoms with E-state index in [1.54, 1.807) is 5.57 Å². The summed E-state index contributed by atoms with van der Waals surface area (Å²) in [6.07, 6.45) is 0. The minimum absolute atomic E-state index is 0.224. The molecule has 2 heteroatoms. The number of hydrogen-bond donors (Lipinski definition) is 0. The largest absolute Gasteiger partial charge is 0.312 e. The third-order valence-electron chi connectivity index (χ3n) is 3.12. The predicted molar refractivity (Wildman–Crippen MR) is 77.7 cm³/mol. The zero-order chi connectivity index (χ0) is 14.0. The fraction of sp³-hybridized carbons (Fsp3) is 0.867. The molecule has 0 unspecified atom stereocenters. The standard InChI is InChI=1S/C13H26N2.C2H6/c1-12(2,3)10-9-14(7)15(8)11(10)13(4,5)6;1-2/h9H2,1-8H3;1-2H3. The van der Waals surface area contributed by atoms with Crippen LogP contribution in [0.15, 0.2) is 11.3 Å². The van der Waals surface area contributed by atoms with Crippen LogP contribution < -0.4 is 0 Å². The molecule has 0 aliphatic carbocycles. The minimum atomic E-state index is 0.224. The highest BCUT2D eigenvalue weighted by atomic mass is 15.6. The number of likely N-dealkylation sites (N-methyl/N-ethyl adjacent to an activating group) is 1. The molecule has 17 heavy (non-hydrogen) atoms. The van der Waals surface area contributed by atoms with Crippen molar-refractivity contribution in [1.82, 2.24) is 10.0 Å². The first kappa shape index (κ1) is 16.5. The zero-order valence-electron chi connectivity index (χ0n) is 13.6. The monoisotopic (exact) mass is 240 g/mol. The van der Waals surface area contributed by atoms with Crippen molar-refractivity contribution < 1.29 is 0 Å². The average Bonchev–Trinajstić information content (AvgIpc) is 2.45. The molecule has 0 aromatic heterocycles. The van der Waals surface area contributed by atoms with E-state index in [4.69, 9.17) is 0 Å². The first-order chi connectivity index (χ1) is 7.55. The molecule has 0 N–H and O–H groups in total. The van der Waals surface area contributed by atoms with Crippen LogP contribution in [0.2, 0.25) is 0 Å². The fourth-order valence-corrected chi connectivity index (χ4v) is 2.31. The SMILES string of the molecule is CC.CN1CC(C(C)(C)C)=C(C(C)(C)C)N1C. The van der Waals surface area contributed by atoms with Crippen molar-refractivity contribution in [2.45, 2.75) is 55.4 Å². The first-order valence-corrected chi connectivity index (χ1v) is 6.74. The lowest BCUT2D eigenvalue weighted by molar-refractivity contribution is 0.0798. The number of allylic oxidation sites excluding steroid dienone is 1. The van der Waals surface area contributed by atoms with Gasteiger partial charge in [0.25, 0.3) is 0 Å². The second-order valence-corrected chi connectivity index (χ2v) is 6.67. The number of hydrazine groups is 1. The molecule has 1 aliphatic rings. The first-order valence-electron chi connectivity index (χ1n) is 6.74. The Morgan fingerprint density at radius 2 is 1.24 bits per heavy atom. The van der Waals surface area contributed by atoms with E-state index in [-0.39, 0.29) is 10.8 Å². The summed E-state index contributed by atoms with van der Waals surface area (Å²) in [7, 11) is 4.32. The molecule has 2 nitrogen and oxygen atoms in total. The Morgan fingerprint density at radius 3 is 1.47 bits per heavy atom. The van der Waals surface area contributed by atoms with Gasteiger partial charge in [0.1, 0.15) is 0 Å². The fourth-order valence-electron chi connectivity index (χ4n) is 2.31. The summed E-state index contributed by atoms with van der Waals surface area (Å²) in [4.78, 5) is 0. The second-order valence-electron chi connectivity index (χ2n) is 6.67. The van der Waals surface area contributed by atoms with Crippen LogP contribution in [0, 0.1) is 10.8 Å². The molecule has 0 fully saturated rings. The Bertz CT molecular complexity index is 276. The third kappa shape index (κ3) is 3.74. The highest BCUT2D eigenvalue weighted by Gasteiger charge is 2.36. The smallest absolute Gasteiger partial charge is 0.0413 e. The maximum Gasteiger partial charge on any atom is 0.0413 e. The molecule has 0 amide bonds. The van der Waals surface area contributed by atoms with Gasteiger partial charge in [-0.15, -0.1) is 0 Å². The van der Waals surface area contributed by atoms with Crippen LogP contribution in [-0.4, -0.2) is 30.7 Å². The molecule has 1 rings (SSSR count). The van der Waals surface area contributed by atoms with Crippen LogP contribution >= 0.6 is 0 Å². The second kappa shape index (κ2) is 5.43. The highest BCUT2D eigenvalue weighted by Crippen LogP contribution is 2.42. The molecule has 1 aliphatic heterocycles. The van der Waals surface area contributed by atoms with E-state index in [0.29, 0.717) is 0 Å². The predicted octanol–water partition coefficient (Wildman–Crippen LogP) is 4.15. The van der Waals surface area contributed by atoms with E-state index in [1.807, 2.05) is 13.8 Å². The molecule has 0 radical (unpaired) electrons. The molecule has 0 aromatic rings. The lowest BCUT2D eigenvalue weighted by atomic mass is 9.79. The van der Waals surface area contributed by atoms with Crippen LogP contribution in [0.5, 0.6) is 0 Å². The van der Waals surface area contributed by atoms with Crippen LogP contribution in [0.25, 0.3) is 0 Å². The van der Waals surface area contributed by atoms with Crippen molar-refractivity contribution in [2.24, 2.45) is 10.8 Å². The Balaban J connectivity index is 0.00000121. The van der Waals surface area contributed by atoms with E-state index in [0.717, 1.165) is 6.54 Å². The molecule has 0 spiro atoms. The lowest BCUT2D eigenvalue weighted by Gasteiger charge is -2.33. The van der Waals surface area contributed by atoms with Crippen LogP contribution in [0.3, 0.4) is 0 Å². The van der Waals surface area contributed by atoms with Gasteiger partial charge in [0.05, 0.1) is 0 Å². The van der Waals surface area contributed by atoms with E-state index >= 15 is 0 Å². The number of nitrogens with zero attached hydrogens (tertiary/aromatic N) is 2. The summed E-state index contributed by atoms with van der Waals surface area (Å²) in [5.41, 5.74) is 3.54. The van der Waals surface area contributed by atoms with Gasteiger partial charge in [-0.3, -0.25) is 0 Å². The van der Waals surface area contributed by atoms with Gasteiger partial charge in [-0.05, 0) is 11.0 Å². The van der Waals surface area contributed by atoms with E-state index in [2.05, 4.69) is 65.7 Å². The normalized spacial score (nSPS) is 18.4. The lowest BCUT2D eigenvalue weighted by Crippen LogP contribution is -2.34. The van der Waals surface area contributed by atoms with Gasteiger partial charge in [0, 0.05) is 31.8 Å². The van der Waals surface area contributed by atoms with E-state index in [1.165, 1.54) is 5.70 Å². The van der Waals surface area contributed by atoms with Crippen molar-refractivity contribution in [3.63, 3.8) is 0 Å². The molecule has 102 valence electrons. The molecule has 0 saturated carbocycles. The molecular formula is C15H32N2. The number of hydrogen-bond acceptors (Lipinski definition) is 2. The summed E-state index contributed by atoms with van der Waals surface area (Å²) < 4.78 is 0. The number of rotatable bonds is 0. The maximum atomic E-state index is 2.31. The molecule has 1 heterocycles. The van der Waals surface area contributed by atoms with Crippen LogP contribution in [0.4, 0.5) is 0 Å². The summed E-state index contributed by atoms with van der Waals surface area (Å²) in [5, 5.41) is 4.60. The third-order valence-corrected chi connectivity index (χ3v) is 3.12. The van der Waals surface area contributed by atoms with Gasteiger partial charge in [-0.2, -0.15) is 0 Å². The Morgan fingerprint density at radius 1 is 0.824 bits per heavy atom. The summed E-state index contributed by atoms with van der Waals surface area (Å²) in [6.45, 7) is 18.9. The van der Waals surface area contributed by atoms with Gasteiger partial charge in [0.15, 0.2) is 0 Å². The quantitative estimate of drug-likeness (QED) is 0.627. The summed E-state index contributed by atoms with van der Waals surface area (Å²) in [6, 6.07) is 0. The molecule has 0 bridgehead atoms. The van der Waals surface area contributed by atoms with E-state index < -0.39 is 0 Å². The Labute approximate surface area is 109 Å². The van der Waals surface area contributed by atoms with Crippen LogP contribution in [0.1, 0.15) is 55.4 Å². The Hall–Kier alpha value is -0.500. The van der Waals surface area contributed by atoms with Gasteiger partial charge < -0.3 is 5.01 Å². The summed E-state index contributed by atoms with van der Waals surface area (Å²) >= 11 is 0. The highest BCUT2D eigenvalue weighted by molar-refractivity contribution is 5.28. The molecule has 0 aromatic carbocycles. The van der Waals surface area contributed by atoms with Crippen molar-refractivity contribution in [3.8, 4) is 0 Å². The average molecular weight is 240 g/mol. The molecule has 0 atom stereocenters. The van der Waals surface area contributed by atoms with Gasteiger partial charge in [-0.25, -0.2) is 5.01 Å². The van der Waals surface area contributed by atoms with Gasteiger partial charge in [-0.1, -0.05) is 55.4 Å². The zero-order valence-corrected chi connectivity index (χ0v) is 13.6. The van der Waals surface area contributed by atoms with Gasteiger partial charge >= 0.3 is 0 Å². The van der Waals surface area contributed by atoms with E-state index in [9.17, 15) is 0 Å². The minimum Gasteiger partial charge on any atom is -0.312 e. The van der Waals surface area contributed by atoms with Gasteiger partial charge in [0.2, 0.25) is 0 Å². The summed E-state index contributed by atoms with van der Waals surface area (Å²) in [5.74, 6) is 0. The van der Waals surface area contributed by atoms with Crippen molar-refractivity contribution in [1.29, 1.82) is 0 Å². The molecular weight excluding hydrogens is 208 g/mol. The van der Waals surface area contributed by atoms with Crippen molar-refractivity contribution in [3.05, 3.63) is 11.3 Å².